The molecular formula is C32H42O13. The van der Waals surface area contributed by atoms with Gasteiger partial charge in [-0.25, -0.2) is 0 Å². The second-order valence-corrected chi connectivity index (χ2v) is 14.4. The van der Waals surface area contributed by atoms with Crippen LogP contribution in [0.15, 0.2) is 30.3 Å². The predicted molar refractivity (Wildman–Crippen MR) is 150 cm³/mol. The summed E-state index contributed by atoms with van der Waals surface area (Å²) in [5, 5.41) is 0. The van der Waals surface area contributed by atoms with Crippen LogP contribution in [0.4, 0.5) is 0 Å². The van der Waals surface area contributed by atoms with Gasteiger partial charge in [-0.1, -0.05) is 30.3 Å². The van der Waals surface area contributed by atoms with Crippen LogP contribution < -0.4 is 0 Å². The Labute approximate surface area is 261 Å². The monoisotopic (exact) mass is 634 g/mol. The maximum absolute atomic E-state index is 13.3. The van der Waals surface area contributed by atoms with Crippen LogP contribution in [0.5, 0.6) is 0 Å². The van der Waals surface area contributed by atoms with Gasteiger partial charge in [0, 0.05) is 5.56 Å². The molecule has 13 heteroatoms. The largest absolute Gasteiger partial charge is 0.455 e. The van der Waals surface area contributed by atoms with Gasteiger partial charge in [0.1, 0.15) is 43.0 Å². The first kappa shape index (κ1) is 31.4. The summed E-state index contributed by atoms with van der Waals surface area (Å²) in [4.78, 5) is 26.2. The lowest BCUT2D eigenvalue weighted by molar-refractivity contribution is -0.394. The Morgan fingerprint density at radius 3 is 2.31 bits per heavy atom. The highest BCUT2D eigenvalue weighted by molar-refractivity contribution is 5.76. The van der Waals surface area contributed by atoms with E-state index in [0.29, 0.717) is 0 Å². The molecule has 0 radical (unpaired) electrons. The minimum atomic E-state index is -1.62. The normalized spacial score (nSPS) is 43.0. The van der Waals surface area contributed by atoms with Crippen LogP contribution in [-0.4, -0.2) is 97.6 Å². The van der Waals surface area contributed by atoms with Gasteiger partial charge in [0.05, 0.1) is 18.6 Å². The van der Waals surface area contributed by atoms with E-state index in [0.717, 1.165) is 5.56 Å². The molecule has 0 saturated carbocycles. The van der Waals surface area contributed by atoms with Crippen molar-refractivity contribution in [2.24, 2.45) is 5.41 Å². The summed E-state index contributed by atoms with van der Waals surface area (Å²) < 4.78 is 68.3. The van der Waals surface area contributed by atoms with E-state index >= 15 is 0 Å². The number of benzene rings is 1. The van der Waals surface area contributed by atoms with Crippen LogP contribution in [0.3, 0.4) is 0 Å². The van der Waals surface area contributed by atoms with E-state index in [9.17, 15) is 9.59 Å². The smallest absolute Gasteiger partial charge is 0.312 e. The molecule has 0 N–H and O–H groups in total. The SMILES string of the molecule is CC1(C)O[C@H]2[C@@H](O1)[C@@H](CO[C@@]13CC(=O)O[C@@H]1[C@@H](OC(=O)C(C)(C)C)[C@@H]1O[C@H](c4ccccc4)OC[C@H]1O3)O[C@@H]1OC(C)(C)O[C@@H]12. The molecule has 7 rings (SSSR count). The summed E-state index contributed by atoms with van der Waals surface area (Å²) in [6, 6.07) is 9.41. The number of fused-ring (bicyclic) bond motifs is 5. The van der Waals surface area contributed by atoms with Gasteiger partial charge in [0.15, 0.2) is 36.4 Å². The summed E-state index contributed by atoms with van der Waals surface area (Å²) in [6.07, 6.45) is -7.66. The fourth-order valence-corrected chi connectivity index (χ4v) is 6.80. The first-order chi connectivity index (χ1) is 21.1. The summed E-state index contributed by atoms with van der Waals surface area (Å²) >= 11 is 0. The first-order valence-electron chi connectivity index (χ1n) is 15.5. The van der Waals surface area contributed by atoms with Crippen molar-refractivity contribution in [3.8, 4) is 0 Å². The standard InChI is InChI=1S/C32H42O13/c1-29(2,3)28(34)40-23-20-18(14-35-26(39-20)16-11-9-8-10-12-16)41-32(13-19(33)38-25(23)32)36-15-17-21-22(43-30(4,5)42-21)24-27(37-17)45-31(6,7)44-24/h8-12,17-18,20-27H,13-15H2,1-7H3/t17-,18-,20-,21+,22+,23+,24-,25-,26-,27-,32-/m1/s1. The van der Waals surface area contributed by atoms with Crippen LogP contribution in [-0.2, 0) is 61.7 Å². The second-order valence-electron chi connectivity index (χ2n) is 14.4. The highest BCUT2D eigenvalue weighted by atomic mass is 16.9. The average molecular weight is 635 g/mol. The number of ether oxygens (including phenoxy) is 11. The highest BCUT2D eigenvalue weighted by Gasteiger charge is 2.67. The van der Waals surface area contributed by atoms with Gasteiger partial charge in [0.2, 0.25) is 5.79 Å². The third-order valence-corrected chi connectivity index (χ3v) is 8.78. The molecule has 0 bridgehead atoms. The second kappa shape index (κ2) is 10.9. The Bertz CT molecular complexity index is 1290. The number of carbonyl (C=O) groups is 2. The van der Waals surface area contributed by atoms with Crippen molar-refractivity contribution in [3.63, 3.8) is 0 Å². The summed E-state index contributed by atoms with van der Waals surface area (Å²) in [7, 11) is 0. The molecule has 0 spiro atoms. The Kier molecular flexibility index (Phi) is 7.62. The van der Waals surface area contributed by atoms with E-state index in [2.05, 4.69) is 0 Å². The molecule has 6 aliphatic heterocycles. The van der Waals surface area contributed by atoms with Crippen LogP contribution in [0.2, 0.25) is 0 Å². The predicted octanol–water partition coefficient (Wildman–Crippen LogP) is 2.88. The fraction of sp³-hybridized carbons (Fsp3) is 0.750. The fourth-order valence-electron chi connectivity index (χ4n) is 6.80. The zero-order valence-electron chi connectivity index (χ0n) is 26.6. The van der Waals surface area contributed by atoms with Crippen LogP contribution in [0, 0.1) is 5.41 Å². The van der Waals surface area contributed by atoms with Crippen molar-refractivity contribution >= 4 is 11.9 Å². The number of esters is 2. The molecule has 45 heavy (non-hydrogen) atoms. The Hall–Kier alpha value is -2.20. The summed E-state index contributed by atoms with van der Waals surface area (Å²) in [5.41, 5.74) is -0.0477. The molecule has 0 aromatic heterocycles. The van der Waals surface area contributed by atoms with Gasteiger partial charge >= 0.3 is 11.9 Å². The third kappa shape index (κ3) is 5.80. The lowest BCUT2D eigenvalue weighted by atomic mass is 9.90. The molecular weight excluding hydrogens is 592 g/mol. The molecule has 11 atom stereocenters. The van der Waals surface area contributed by atoms with Crippen molar-refractivity contribution in [1.29, 1.82) is 0 Å². The van der Waals surface area contributed by atoms with E-state index in [1.165, 1.54) is 0 Å². The minimum absolute atomic E-state index is 0.0770. The molecule has 0 aliphatic carbocycles. The Balaban J connectivity index is 1.16. The van der Waals surface area contributed by atoms with E-state index < -0.39 is 96.1 Å². The molecule has 6 fully saturated rings. The van der Waals surface area contributed by atoms with Crippen LogP contribution in [0.1, 0.15) is 66.7 Å². The van der Waals surface area contributed by atoms with E-state index in [1.807, 2.05) is 58.0 Å². The Morgan fingerprint density at radius 2 is 1.58 bits per heavy atom. The first-order valence-corrected chi connectivity index (χ1v) is 15.5. The molecule has 6 aliphatic rings. The van der Waals surface area contributed by atoms with Crippen molar-refractivity contribution in [1.82, 2.24) is 0 Å². The van der Waals surface area contributed by atoms with E-state index in [4.69, 9.17) is 52.1 Å². The number of carbonyl (C=O) groups excluding carboxylic acids is 2. The zero-order valence-corrected chi connectivity index (χ0v) is 26.6. The zero-order chi connectivity index (χ0) is 31.9. The Morgan fingerprint density at radius 1 is 0.889 bits per heavy atom. The number of rotatable bonds is 5. The van der Waals surface area contributed by atoms with E-state index in [1.54, 1.807) is 20.8 Å². The summed E-state index contributed by atoms with van der Waals surface area (Å²) in [6.45, 7) is 12.5. The molecule has 248 valence electrons. The molecule has 6 saturated heterocycles. The van der Waals surface area contributed by atoms with Crippen LogP contribution in [0.25, 0.3) is 0 Å². The molecule has 0 amide bonds. The van der Waals surface area contributed by atoms with Crippen molar-refractivity contribution in [3.05, 3.63) is 35.9 Å². The van der Waals surface area contributed by atoms with Gasteiger partial charge in [0.25, 0.3) is 0 Å². The van der Waals surface area contributed by atoms with Gasteiger partial charge in [-0.05, 0) is 48.5 Å². The molecule has 6 heterocycles. The maximum Gasteiger partial charge on any atom is 0.312 e. The van der Waals surface area contributed by atoms with Crippen LogP contribution >= 0.6 is 0 Å². The van der Waals surface area contributed by atoms with Crippen molar-refractivity contribution in [2.45, 2.75) is 134 Å². The number of hydrogen-bond acceptors (Lipinski definition) is 13. The van der Waals surface area contributed by atoms with Crippen molar-refractivity contribution in [2.75, 3.05) is 13.2 Å². The van der Waals surface area contributed by atoms with Crippen molar-refractivity contribution < 1.29 is 61.7 Å². The van der Waals surface area contributed by atoms with Gasteiger partial charge < -0.3 is 52.1 Å². The average Bonchev–Trinajstić information content (AvgIpc) is 3.59. The molecule has 1 aromatic rings. The lowest BCUT2D eigenvalue weighted by Gasteiger charge is -2.51. The topological polar surface area (TPSA) is 136 Å². The summed E-state index contributed by atoms with van der Waals surface area (Å²) in [5.74, 6) is -4.45. The number of hydrogen-bond donors (Lipinski definition) is 0. The minimum Gasteiger partial charge on any atom is -0.455 e. The molecule has 13 nitrogen and oxygen atoms in total. The van der Waals surface area contributed by atoms with Gasteiger partial charge in [-0.15, -0.1) is 0 Å². The highest BCUT2D eigenvalue weighted by Crippen LogP contribution is 2.48. The van der Waals surface area contributed by atoms with Gasteiger partial charge in [-0.3, -0.25) is 9.59 Å². The lowest BCUT2D eigenvalue weighted by Crippen LogP contribution is -2.68. The maximum atomic E-state index is 13.3. The van der Waals surface area contributed by atoms with E-state index in [-0.39, 0.29) is 19.6 Å². The quantitative estimate of drug-likeness (QED) is 0.440. The third-order valence-electron chi connectivity index (χ3n) is 8.78. The molecule has 1 aromatic carbocycles. The molecule has 0 unspecified atom stereocenters. The van der Waals surface area contributed by atoms with Gasteiger partial charge in [-0.2, -0.15) is 0 Å².